The van der Waals surface area contributed by atoms with E-state index in [0.717, 1.165) is 0 Å². The van der Waals surface area contributed by atoms with E-state index in [1.807, 2.05) is 0 Å². The van der Waals surface area contributed by atoms with Gasteiger partial charge in [0.2, 0.25) is 0 Å². The molecule has 19 heavy (non-hydrogen) atoms. The Morgan fingerprint density at radius 1 is 1.26 bits per heavy atom. The number of carbonyl (C=O) groups is 1. The molecule has 6 nitrogen and oxygen atoms in total. The molecule has 0 saturated carbocycles. The third-order valence-corrected chi connectivity index (χ3v) is 2.73. The summed E-state index contributed by atoms with van der Waals surface area (Å²) >= 11 is 0. The van der Waals surface area contributed by atoms with Crippen LogP contribution in [-0.4, -0.2) is 39.6 Å². The third kappa shape index (κ3) is 3.84. The molecule has 1 aromatic rings. The van der Waals surface area contributed by atoms with E-state index in [1.165, 1.54) is 14.2 Å². The number of rotatable bonds is 6. The van der Waals surface area contributed by atoms with Gasteiger partial charge in [-0.25, -0.2) is 0 Å². The molecule has 0 spiro atoms. The van der Waals surface area contributed by atoms with Gasteiger partial charge in [-0.05, 0) is 19.1 Å². The van der Waals surface area contributed by atoms with Crippen LogP contribution < -0.4 is 15.8 Å². The molecular weight excluding hydrogens is 248 g/mol. The Bertz CT molecular complexity index is 433. The maximum atomic E-state index is 12.1. The first kappa shape index (κ1) is 15.3. The van der Waals surface area contributed by atoms with Crippen LogP contribution >= 0.6 is 0 Å². The van der Waals surface area contributed by atoms with Gasteiger partial charge in [-0.1, -0.05) is 0 Å². The van der Waals surface area contributed by atoms with E-state index in [0.29, 0.717) is 17.0 Å². The Morgan fingerprint density at radius 3 is 2.37 bits per heavy atom. The van der Waals surface area contributed by atoms with Gasteiger partial charge in [0.15, 0.2) is 6.29 Å². The van der Waals surface area contributed by atoms with Crippen LogP contribution in [0.1, 0.15) is 17.3 Å². The van der Waals surface area contributed by atoms with E-state index in [9.17, 15) is 4.79 Å². The van der Waals surface area contributed by atoms with Crippen molar-refractivity contribution in [2.75, 3.05) is 27.1 Å². The third-order valence-electron chi connectivity index (χ3n) is 2.73. The standard InChI is InChI=1S/C13H20N2O4/c1-8(13(18-3)19-4)15-12(16)10-6-5-9(17-2)7-11(10)14/h5-8,13H,14H2,1-4H3,(H,15,16). The van der Waals surface area contributed by atoms with Crippen molar-refractivity contribution in [3.63, 3.8) is 0 Å². The average Bonchev–Trinajstić information content (AvgIpc) is 2.39. The van der Waals surface area contributed by atoms with Crippen molar-refractivity contribution in [2.24, 2.45) is 0 Å². The van der Waals surface area contributed by atoms with E-state index < -0.39 is 6.29 Å². The lowest BCUT2D eigenvalue weighted by molar-refractivity contribution is -0.117. The van der Waals surface area contributed by atoms with Crippen molar-refractivity contribution in [1.29, 1.82) is 0 Å². The van der Waals surface area contributed by atoms with Crippen molar-refractivity contribution in [1.82, 2.24) is 5.32 Å². The summed E-state index contributed by atoms with van der Waals surface area (Å²) in [6.07, 6.45) is -0.511. The molecule has 0 radical (unpaired) electrons. The summed E-state index contributed by atoms with van der Waals surface area (Å²) in [6, 6.07) is 4.60. The molecular formula is C13H20N2O4. The zero-order valence-corrected chi connectivity index (χ0v) is 11.6. The maximum absolute atomic E-state index is 12.1. The predicted molar refractivity (Wildman–Crippen MR) is 72.1 cm³/mol. The van der Waals surface area contributed by atoms with Crippen LogP contribution in [0.3, 0.4) is 0 Å². The molecule has 3 N–H and O–H groups in total. The highest BCUT2D eigenvalue weighted by Gasteiger charge is 2.20. The van der Waals surface area contributed by atoms with Crippen LogP contribution in [0.15, 0.2) is 18.2 Å². The van der Waals surface area contributed by atoms with E-state index in [4.69, 9.17) is 19.9 Å². The van der Waals surface area contributed by atoms with Crippen LogP contribution in [0.5, 0.6) is 5.75 Å². The molecule has 0 aliphatic carbocycles. The predicted octanol–water partition coefficient (Wildman–Crippen LogP) is 1.01. The molecule has 0 aromatic heterocycles. The topological polar surface area (TPSA) is 82.8 Å². The molecule has 6 heteroatoms. The van der Waals surface area contributed by atoms with Crippen molar-refractivity contribution in [3.8, 4) is 5.75 Å². The molecule has 1 rings (SSSR count). The normalized spacial score (nSPS) is 12.3. The molecule has 0 heterocycles. The van der Waals surface area contributed by atoms with Gasteiger partial charge < -0.3 is 25.3 Å². The minimum absolute atomic E-state index is 0.285. The van der Waals surface area contributed by atoms with Crippen LogP contribution in [-0.2, 0) is 9.47 Å². The Kier molecular flexibility index (Phi) is 5.59. The smallest absolute Gasteiger partial charge is 0.253 e. The fraction of sp³-hybridized carbons (Fsp3) is 0.462. The van der Waals surface area contributed by atoms with E-state index >= 15 is 0 Å². The van der Waals surface area contributed by atoms with Crippen molar-refractivity contribution < 1.29 is 19.0 Å². The number of anilines is 1. The summed E-state index contributed by atoms with van der Waals surface area (Å²) in [5.74, 6) is 0.320. The van der Waals surface area contributed by atoms with Gasteiger partial charge in [0.1, 0.15) is 5.75 Å². The van der Waals surface area contributed by atoms with Gasteiger partial charge in [-0.3, -0.25) is 4.79 Å². The number of nitrogens with two attached hydrogens (primary N) is 1. The minimum atomic E-state index is -0.511. The summed E-state index contributed by atoms with van der Waals surface area (Å²) in [6.45, 7) is 1.79. The number of carbonyl (C=O) groups excluding carboxylic acids is 1. The quantitative estimate of drug-likeness (QED) is 0.594. The molecule has 0 saturated heterocycles. The van der Waals surface area contributed by atoms with E-state index in [2.05, 4.69) is 5.32 Å². The Labute approximate surface area is 112 Å². The zero-order valence-electron chi connectivity index (χ0n) is 11.6. The zero-order chi connectivity index (χ0) is 14.4. The number of ether oxygens (including phenoxy) is 3. The largest absolute Gasteiger partial charge is 0.497 e. The first-order valence-corrected chi connectivity index (χ1v) is 5.83. The number of amides is 1. The molecule has 1 unspecified atom stereocenters. The van der Waals surface area contributed by atoms with Crippen LogP contribution in [0, 0.1) is 0 Å². The monoisotopic (exact) mass is 268 g/mol. The maximum Gasteiger partial charge on any atom is 0.253 e. The lowest BCUT2D eigenvalue weighted by Gasteiger charge is -2.22. The van der Waals surface area contributed by atoms with Gasteiger partial charge in [0.25, 0.3) is 5.91 Å². The molecule has 0 bridgehead atoms. The van der Waals surface area contributed by atoms with E-state index in [1.54, 1.807) is 32.2 Å². The highest BCUT2D eigenvalue weighted by Crippen LogP contribution is 2.19. The van der Waals surface area contributed by atoms with Gasteiger partial charge in [0, 0.05) is 26.0 Å². The molecule has 0 aliphatic rings. The Morgan fingerprint density at radius 2 is 1.89 bits per heavy atom. The van der Waals surface area contributed by atoms with Gasteiger partial charge in [0.05, 0.1) is 18.7 Å². The minimum Gasteiger partial charge on any atom is -0.497 e. The fourth-order valence-electron chi connectivity index (χ4n) is 1.73. The lowest BCUT2D eigenvalue weighted by atomic mass is 10.1. The summed E-state index contributed by atoms with van der Waals surface area (Å²) in [7, 11) is 4.56. The van der Waals surface area contributed by atoms with Crippen LogP contribution in [0.2, 0.25) is 0 Å². The highest BCUT2D eigenvalue weighted by molar-refractivity contribution is 5.99. The number of nitrogen functional groups attached to an aromatic ring is 1. The van der Waals surface area contributed by atoms with Gasteiger partial charge in [-0.2, -0.15) is 0 Å². The number of hydrogen-bond acceptors (Lipinski definition) is 5. The summed E-state index contributed by atoms with van der Waals surface area (Å²) in [5, 5.41) is 2.77. The summed E-state index contributed by atoms with van der Waals surface area (Å²) < 4.78 is 15.2. The Hall–Kier alpha value is -1.79. The van der Waals surface area contributed by atoms with Crippen molar-refractivity contribution in [3.05, 3.63) is 23.8 Å². The van der Waals surface area contributed by atoms with Gasteiger partial charge in [-0.15, -0.1) is 0 Å². The number of benzene rings is 1. The van der Waals surface area contributed by atoms with E-state index in [-0.39, 0.29) is 11.9 Å². The fourth-order valence-corrected chi connectivity index (χ4v) is 1.73. The molecule has 106 valence electrons. The number of nitrogens with one attached hydrogen (secondary N) is 1. The number of methoxy groups -OCH3 is 3. The highest BCUT2D eigenvalue weighted by atomic mass is 16.7. The van der Waals surface area contributed by atoms with Crippen molar-refractivity contribution in [2.45, 2.75) is 19.3 Å². The number of hydrogen-bond donors (Lipinski definition) is 2. The molecule has 1 amide bonds. The second kappa shape index (κ2) is 6.96. The lowest BCUT2D eigenvalue weighted by Crippen LogP contribution is -2.43. The molecule has 0 aliphatic heterocycles. The first-order chi connectivity index (χ1) is 9.03. The average molecular weight is 268 g/mol. The summed E-state index contributed by atoms with van der Waals surface area (Å²) in [4.78, 5) is 12.1. The van der Waals surface area contributed by atoms with Gasteiger partial charge >= 0.3 is 0 Å². The second-order valence-corrected chi connectivity index (χ2v) is 4.06. The Balaban J connectivity index is 2.78. The SMILES string of the molecule is COc1ccc(C(=O)NC(C)C(OC)OC)c(N)c1. The van der Waals surface area contributed by atoms with Crippen LogP contribution in [0.25, 0.3) is 0 Å². The molecule has 0 fully saturated rings. The van der Waals surface area contributed by atoms with Crippen molar-refractivity contribution >= 4 is 11.6 Å². The van der Waals surface area contributed by atoms with Crippen LogP contribution in [0.4, 0.5) is 5.69 Å². The molecule has 1 aromatic carbocycles. The second-order valence-electron chi connectivity index (χ2n) is 4.06. The summed E-state index contributed by atoms with van der Waals surface area (Å²) in [5.41, 5.74) is 6.56. The first-order valence-electron chi connectivity index (χ1n) is 5.83. The molecule has 1 atom stereocenters.